The molecule has 0 aliphatic rings. The Morgan fingerprint density at radius 3 is 1.19 bits per heavy atom. The Balaban J connectivity index is 1.68. The van der Waals surface area contributed by atoms with Crippen LogP contribution in [0.15, 0.2) is 127 Å². The molecule has 5 heteroatoms. The Bertz CT molecular complexity index is 2240. The summed E-state index contributed by atoms with van der Waals surface area (Å²) < 4.78 is 20.2. The SMILES string of the molecule is N#Cc1cc(C#N)c(-n2c3ccccc3c3ccccc32)c(-c2ccccc2F)c1-n1c2ccccc2c2ccccc21. The molecule has 6 aromatic carbocycles. The van der Waals surface area contributed by atoms with Gasteiger partial charge in [0.1, 0.15) is 18.0 Å². The van der Waals surface area contributed by atoms with Gasteiger partial charge in [-0.15, -0.1) is 0 Å². The molecule has 0 aliphatic carbocycles. The second-order valence-corrected chi connectivity index (χ2v) is 10.5. The van der Waals surface area contributed by atoms with Gasteiger partial charge in [-0.3, -0.25) is 0 Å². The Labute approximate surface area is 246 Å². The van der Waals surface area contributed by atoms with Crippen LogP contribution in [0.4, 0.5) is 4.39 Å². The minimum atomic E-state index is -0.439. The molecule has 0 amide bonds. The average molecular weight is 553 g/mol. The summed E-state index contributed by atoms with van der Waals surface area (Å²) in [5.74, 6) is -0.439. The second kappa shape index (κ2) is 9.45. The molecule has 2 heterocycles. The molecule has 43 heavy (non-hydrogen) atoms. The lowest BCUT2D eigenvalue weighted by Crippen LogP contribution is -2.09. The van der Waals surface area contributed by atoms with Crippen LogP contribution < -0.4 is 0 Å². The number of para-hydroxylation sites is 4. The molecular formula is C38H21FN4. The van der Waals surface area contributed by atoms with Gasteiger partial charge in [-0.05, 0) is 36.4 Å². The van der Waals surface area contributed by atoms with Crippen LogP contribution in [-0.4, -0.2) is 9.13 Å². The van der Waals surface area contributed by atoms with Crippen LogP contribution in [0.1, 0.15) is 11.1 Å². The Hall–Kier alpha value is -6.17. The van der Waals surface area contributed by atoms with E-state index in [1.807, 2.05) is 81.9 Å². The predicted octanol–water partition coefficient (Wildman–Crippen LogP) is 9.43. The highest BCUT2D eigenvalue weighted by atomic mass is 19.1. The Morgan fingerprint density at radius 2 is 0.814 bits per heavy atom. The number of rotatable bonds is 3. The van der Waals surface area contributed by atoms with Gasteiger partial charge in [0, 0.05) is 32.7 Å². The van der Waals surface area contributed by atoms with E-state index in [0.29, 0.717) is 22.5 Å². The summed E-state index contributed by atoms with van der Waals surface area (Å²) in [6.45, 7) is 0. The number of halogens is 1. The molecule has 4 nitrogen and oxygen atoms in total. The molecule has 0 saturated carbocycles. The summed E-state index contributed by atoms with van der Waals surface area (Å²) in [6, 6.07) is 45.0. The molecule has 0 atom stereocenters. The first-order chi connectivity index (χ1) is 21.2. The van der Waals surface area contributed by atoms with E-state index in [0.717, 1.165) is 43.6 Å². The molecule has 0 fully saturated rings. The summed E-state index contributed by atoms with van der Waals surface area (Å²) in [6.07, 6.45) is 0. The second-order valence-electron chi connectivity index (χ2n) is 10.5. The topological polar surface area (TPSA) is 57.4 Å². The van der Waals surface area contributed by atoms with Crippen molar-refractivity contribution < 1.29 is 4.39 Å². The summed E-state index contributed by atoms with van der Waals surface area (Å²) in [5, 5.41) is 25.3. The maximum Gasteiger partial charge on any atom is 0.131 e. The fraction of sp³-hybridized carbons (Fsp3) is 0. The number of nitrogens with zero attached hydrogens (tertiary/aromatic N) is 4. The molecule has 0 N–H and O–H groups in total. The van der Waals surface area contributed by atoms with E-state index in [1.54, 1.807) is 24.3 Å². The molecule has 2 aromatic heterocycles. The van der Waals surface area contributed by atoms with E-state index in [-0.39, 0.29) is 11.1 Å². The third kappa shape index (κ3) is 3.46. The van der Waals surface area contributed by atoms with Gasteiger partial charge in [-0.2, -0.15) is 10.5 Å². The summed E-state index contributed by atoms with van der Waals surface area (Å²) in [4.78, 5) is 0. The molecular weight excluding hydrogens is 531 g/mol. The average Bonchev–Trinajstić information content (AvgIpc) is 3.57. The van der Waals surface area contributed by atoms with Crippen molar-refractivity contribution in [2.24, 2.45) is 0 Å². The van der Waals surface area contributed by atoms with Gasteiger partial charge in [0.2, 0.25) is 0 Å². The van der Waals surface area contributed by atoms with E-state index in [4.69, 9.17) is 0 Å². The highest BCUT2D eigenvalue weighted by Gasteiger charge is 2.28. The summed E-state index contributed by atoms with van der Waals surface area (Å²) in [7, 11) is 0. The monoisotopic (exact) mass is 552 g/mol. The number of fused-ring (bicyclic) bond motifs is 6. The minimum absolute atomic E-state index is 0.283. The van der Waals surface area contributed by atoms with Crippen LogP contribution in [0.25, 0.3) is 66.1 Å². The van der Waals surface area contributed by atoms with Gasteiger partial charge in [-0.25, -0.2) is 4.39 Å². The van der Waals surface area contributed by atoms with Crippen molar-refractivity contribution >= 4 is 43.6 Å². The number of aromatic nitrogens is 2. The number of nitriles is 2. The predicted molar refractivity (Wildman–Crippen MR) is 170 cm³/mol. The molecule has 200 valence electrons. The van der Waals surface area contributed by atoms with Crippen molar-refractivity contribution in [1.82, 2.24) is 9.13 Å². The molecule has 8 aromatic rings. The van der Waals surface area contributed by atoms with Crippen LogP contribution in [0.5, 0.6) is 0 Å². The number of hydrogen-bond acceptors (Lipinski definition) is 2. The maximum absolute atomic E-state index is 16.1. The Kier molecular flexibility index (Phi) is 5.41. The van der Waals surface area contributed by atoms with Crippen LogP contribution >= 0.6 is 0 Å². The van der Waals surface area contributed by atoms with Gasteiger partial charge in [0.25, 0.3) is 0 Å². The third-order valence-electron chi connectivity index (χ3n) is 8.26. The fourth-order valence-electron chi connectivity index (χ4n) is 6.54. The smallest absolute Gasteiger partial charge is 0.131 e. The first-order valence-electron chi connectivity index (χ1n) is 13.9. The van der Waals surface area contributed by atoms with Crippen LogP contribution in [-0.2, 0) is 0 Å². The van der Waals surface area contributed by atoms with E-state index < -0.39 is 5.82 Å². The van der Waals surface area contributed by atoms with Gasteiger partial charge >= 0.3 is 0 Å². The maximum atomic E-state index is 16.1. The minimum Gasteiger partial charge on any atom is -0.307 e. The molecule has 0 radical (unpaired) electrons. The van der Waals surface area contributed by atoms with Crippen molar-refractivity contribution in [3.63, 3.8) is 0 Å². The van der Waals surface area contributed by atoms with E-state index in [9.17, 15) is 10.5 Å². The number of benzene rings is 6. The Morgan fingerprint density at radius 1 is 0.465 bits per heavy atom. The highest BCUT2D eigenvalue weighted by molar-refractivity contribution is 6.12. The zero-order chi connectivity index (χ0) is 29.1. The van der Waals surface area contributed by atoms with Gasteiger partial charge in [0.05, 0.1) is 44.6 Å². The molecule has 0 saturated heterocycles. The zero-order valence-electron chi connectivity index (χ0n) is 22.8. The van der Waals surface area contributed by atoms with Crippen LogP contribution in [0.3, 0.4) is 0 Å². The van der Waals surface area contributed by atoms with Crippen molar-refractivity contribution in [3.8, 4) is 34.6 Å². The van der Waals surface area contributed by atoms with Gasteiger partial charge in [0.15, 0.2) is 0 Å². The molecule has 0 spiro atoms. The van der Waals surface area contributed by atoms with E-state index in [2.05, 4.69) is 36.4 Å². The molecule has 0 aliphatic heterocycles. The standard InChI is InChI=1S/C38H21FN4/c39-31-16-6-1-15-30(31)36-37(42-32-17-7-2-11-26(32)27-12-3-8-18-33(27)42)24(22-40)21-25(23-41)38(36)43-34-19-9-4-13-28(34)29-14-5-10-20-35(29)43/h1-21H. The van der Waals surface area contributed by atoms with Crippen molar-refractivity contribution in [2.45, 2.75) is 0 Å². The summed E-state index contributed by atoms with van der Waals surface area (Å²) in [5.41, 5.74) is 5.95. The first-order valence-corrected chi connectivity index (χ1v) is 13.9. The lowest BCUT2D eigenvalue weighted by molar-refractivity contribution is 0.631. The van der Waals surface area contributed by atoms with Crippen molar-refractivity contribution in [2.75, 3.05) is 0 Å². The molecule has 0 bridgehead atoms. The van der Waals surface area contributed by atoms with Crippen LogP contribution in [0.2, 0.25) is 0 Å². The molecule has 0 unspecified atom stereocenters. The number of hydrogen-bond donors (Lipinski definition) is 0. The quantitative estimate of drug-likeness (QED) is 0.219. The largest absolute Gasteiger partial charge is 0.307 e. The van der Waals surface area contributed by atoms with Crippen molar-refractivity contribution in [3.05, 3.63) is 144 Å². The normalized spacial score (nSPS) is 11.3. The fourth-order valence-corrected chi connectivity index (χ4v) is 6.54. The highest BCUT2D eigenvalue weighted by Crippen LogP contribution is 2.45. The summed E-state index contributed by atoms with van der Waals surface area (Å²) >= 11 is 0. The first kappa shape index (κ1) is 24.6. The van der Waals surface area contributed by atoms with Crippen LogP contribution in [0, 0.1) is 28.5 Å². The zero-order valence-corrected chi connectivity index (χ0v) is 22.8. The lowest BCUT2D eigenvalue weighted by Gasteiger charge is -2.22. The van der Waals surface area contributed by atoms with Gasteiger partial charge in [-0.1, -0.05) is 91.0 Å². The van der Waals surface area contributed by atoms with Crippen molar-refractivity contribution in [1.29, 1.82) is 10.5 Å². The van der Waals surface area contributed by atoms with Gasteiger partial charge < -0.3 is 9.13 Å². The third-order valence-corrected chi connectivity index (χ3v) is 8.26. The molecule has 8 rings (SSSR count). The van der Waals surface area contributed by atoms with E-state index >= 15 is 4.39 Å². The van der Waals surface area contributed by atoms with E-state index in [1.165, 1.54) is 6.07 Å². The lowest BCUT2D eigenvalue weighted by atomic mass is 9.93.